The van der Waals surface area contributed by atoms with Crippen molar-refractivity contribution in [3.63, 3.8) is 0 Å². The Bertz CT molecular complexity index is 1000. The lowest BCUT2D eigenvalue weighted by Crippen LogP contribution is -2.33. The molecule has 0 spiro atoms. The molecule has 158 valence electrons. The Hall–Kier alpha value is -2.63. The van der Waals surface area contributed by atoms with Crippen LogP contribution >= 0.6 is 0 Å². The van der Waals surface area contributed by atoms with Crippen molar-refractivity contribution in [3.05, 3.63) is 59.7 Å². The minimum absolute atomic E-state index is 0. The van der Waals surface area contributed by atoms with E-state index in [2.05, 4.69) is 0 Å². The zero-order valence-electron chi connectivity index (χ0n) is 14.9. The van der Waals surface area contributed by atoms with Gasteiger partial charge in [0.15, 0.2) is 0 Å². The van der Waals surface area contributed by atoms with Gasteiger partial charge in [-0.25, -0.2) is 13.9 Å². The van der Waals surface area contributed by atoms with E-state index in [4.69, 9.17) is 9.94 Å². The molecule has 1 saturated heterocycles. The van der Waals surface area contributed by atoms with Crippen LogP contribution in [-0.2, 0) is 16.2 Å². The highest BCUT2D eigenvalue weighted by atomic mass is 32.2. The van der Waals surface area contributed by atoms with Crippen LogP contribution in [0.3, 0.4) is 0 Å². The van der Waals surface area contributed by atoms with Gasteiger partial charge in [0.05, 0.1) is 22.6 Å². The number of carbonyl (C=O) groups is 1. The highest BCUT2D eigenvalue weighted by Gasteiger charge is 2.36. The molecule has 1 fully saturated rings. The number of carbonyl (C=O) groups excluding carboxylic acids is 1. The van der Waals surface area contributed by atoms with Gasteiger partial charge < -0.3 is 4.74 Å². The molecule has 1 aliphatic heterocycles. The van der Waals surface area contributed by atoms with Crippen molar-refractivity contribution in [2.75, 3.05) is 13.1 Å². The Labute approximate surface area is 166 Å². The smallest absolute Gasteiger partial charge is 0.416 e. The largest absolute Gasteiger partial charge is 0.489 e. The SMILES string of the molecule is O=C(NO)c1ccccc1S(=O)(=O)N1CCC(Oc2ccc(C(F)(F)F)cc2)C1.[HH]. The fourth-order valence-corrected chi connectivity index (χ4v) is 4.68. The summed E-state index contributed by atoms with van der Waals surface area (Å²) in [6.07, 6.45) is -4.68. The van der Waals surface area contributed by atoms with E-state index in [1.165, 1.54) is 41.9 Å². The number of halogens is 3. The second-order valence-electron chi connectivity index (χ2n) is 6.35. The van der Waals surface area contributed by atoms with Gasteiger partial charge in [0.1, 0.15) is 11.9 Å². The number of benzene rings is 2. The Balaban J connectivity index is 0.00000320. The van der Waals surface area contributed by atoms with Crippen LogP contribution in [0.1, 0.15) is 23.8 Å². The summed E-state index contributed by atoms with van der Waals surface area (Å²) >= 11 is 0. The average molecular weight is 432 g/mol. The van der Waals surface area contributed by atoms with Crippen molar-refractivity contribution in [2.24, 2.45) is 0 Å². The number of amides is 1. The van der Waals surface area contributed by atoms with Crippen LogP contribution in [0.5, 0.6) is 5.75 Å². The molecule has 2 N–H and O–H groups in total. The molecule has 11 heteroatoms. The minimum atomic E-state index is -4.45. The predicted octanol–water partition coefficient (Wildman–Crippen LogP) is 2.91. The van der Waals surface area contributed by atoms with E-state index in [0.29, 0.717) is 6.42 Å². The fourth-order valence-electron chi connectivity index (χ4n) is 3.01. The van der Waals surface area contributed by atoms with E-state index in [-0.39, 0.29) is 30.7 Å². The Morgan fingerprint density at radius 3 is 2.45 bits per heavy atom. The van der Waals surface area contributed by atoms with Gasteiger partial charge in [-0.1, -0.05) is 12.1 Å². The first-order valence-electron chi connectivity index (χ1n) is 8.50. The molecule has 0 aromatic heterocycles. The van der Waals surface area contributed by atoms with Crippen molar-refractivity contribution < 1.29 is 37.8 Å². The van der Waals surface area contributed by atoms with E-state index < -0.39 is 33.8 Å². The number of hydroxylamine groups is 1. The molecule has 1 heterocycles. The van der Waals surface area contributed by atoms with E-state index in [9.17, 15) is 26.4 Å². The first kappa shape index (κ1) is 21.1. The van der Waals surface area contributed by atoms with Crippen LogP contribution in [0.2, 0.25) is 0 Å². The highest BCUT2D eigenvalue weighted by molar-refractivity contribution is 7.89. The van der Waals surface area contributed by atoms with E-state index in [1.807, 2.05) is 0 Å². The summed E-state index contributed by atoms with van der Waals surface area (Å²) in [5.41, 5.74) is 0.402. The number of hydrogen-bond donors (Lipinski definition) is 2. The quantitative estimate of drug-likeness (QED) is 0.560. The van der Waals surface area contributed by atoms with Crippen LogP contribution in [0.25, 0.3) is 0 Å². The predicted molar refractivity (Wildman–Crippen MR) is 97.0 cm³/mol. The number of nitrogens with zero attached hydrogens (tertiary/aromatic N) is 1. The number of ether oxygens (including phenoxy) is 1. The monoisotopic (exact) mass is 432 g/mol. The summed E-state index contributed by atoms with van der Waals surface area (Å²) in [6, 6.07) is 9.58. The molecule has 2 aromatic rings. The molecule has 2 aromatic carbocycles. The first-order valence-corrected chi connectivity index (χ1v) is 9.94. The minimum Gasteiger partial charge on any atom is -0.489 e. The van der Waals surface area contributed by atoms with E-state index in [1.54, 1.807) is 0 Å². The van der Waals surface area contributed by atoms with Crippen LogP contribution in [0, 0.1) is 0 Å². The molecule has 29 heavy (non-hydrogen) atoms. The topological polar surface area (TPSA) is 95.9 Å². The molecule has 1 aliphatic rings. The van der Waals surface area contributed by atoms with Gasteiger partial charge in [-0.2, -0.15) is 17.5 Å². The Kier molecular flexibility index (Phi) is 5.82. The molecular weight excluding hydrogens is 413 g/mol. The van der Waals surface area contributed by atoms with E-state index in [0.717, 1.165) is 16.4 Å². The zero-order chi connectivity index (χ0) is 21.2. The lowest BCUT2D eigenvalue weighted by atomic mass is 10.2. The summed E-state index contributed by atoms with van der Waals surface area (Å²) in [4.78, 5) is 11.5. The summed E-state index contributed by atoms with van der Waals surface area (Å²) in [7, 11) is -4.04. The van der Waals surface area contributed by atoms with Gasteiger partial charge in [-0.15, -0.1) is 0 Å². The highest BCUT2D eigenvalue weighted by Crippen LogP contribution is 2.31. The molecule has 0 radical (unpaired) electrons. The van der Waals surface area contributed by atoms with Crippen LogP contribution in [0.15, 0.2) is 53.4 Å². The van der Waals surface area contributed by atoms with Crippen molar-refractivity contribution in [2.45, 2.75) is 23.6 Å². The maximum Gasteiger partial charge on any atom is 0.416 e. The summed E-state index contributed by atoms with van der Waals surface area (Å²) < 4.78 is 70.4. The van der Waals surface area contributed by atoms with Gasteiger partial charge in [0.2, 0.25) is 10.0 Å². The lowest BCUT2D eigenvalue weighted by molar-refractivity contribution is -0.137. The van der Waals surface area contributed by atoms with Crippen LogP contribution in [-0.4, -0.2) is 43.0 Å². The van der Waals surface area contributed by atoms with Crippen LogP contribution in [0.4, 0.5) is 13.2 Å². The van der Waals surface area contributed by atoms with Gasteiger partial charge in [-0.3, -0.25) is 10.0 Å². The number of rotatable bonds is 5. The number of alkyl halides is 3. The number of sulfonamides is 1. The van der Waals surface area contributed by atoms with Crippen molar-refractivity contribution in [3.8, 4) is 5.75 Å². The second-order valence-corrected chi connectivity index (χ2v) is 8.26. The summed E-state index contributed by atoms with van der Waals surface area (Å²) in [5, 5.41) is 8.82. The van der Waals surface area contributed by atoms with Gasteiger partial charge in [0, 0.05) is 7.97 Å². The van der Waals surface area contributed by atoms with Crippen molar-refractivity contribution >= 4 is 15.9 Å². The second kappa shape index (κ2) is 8.01. The molecule has 0 aliphatic carbocycles. The normalized spacial score (nSPS) is 17.9. The third-order valence-corrected chi connectivity index (χ3v) is 6.37. The zero-order valence-corrected chi connectivity index (χ0v) is 15.7. The van der Waals surface area contributed by atoms with Crippen molar-refractivity contribution in [1.29, 1.82) is 0 Å². The summed E-state index contributed by atoms with van der Waals surface area (Å²) in [6.45, 7) is 0.0845. The van der Waals surface area contributed by atoms with Gasteiger partial charge in [0.25, 0.3) is 5.91 Å². The molecule has 0 bridgehead atoms. The maximum atomic E-state index is 12.9. The Morgan fingerprint density at radius 1 is 1.17 bits per heavy atom. The molecular formula is C18H19F3N2O5S. The standard InChI is InChI=1S/C18H17F3N2O5S.H2/c19-18(20,21)12-5-7-13(8-6-12)28-14-9-10-23(11-14)29(26,27)16-4-2-1-3-15(16)17(24)22-25;/h1-8,14,25H,9-11H2,(H,22,24);1H. The van der Waals surface area contributed by atoms with Gasteiger partial charge >= 0.3 is 6.18 Å². The third-order valence-electron chi connectivity index (χ3n) is 4.44. The molecule has 0 saturated carbocycles. The Morgan fingerprint density at radius 2 is 1.83 bits per heavy atom. The maximum absolute atomic E-state index is 12.9. The molecule has 3 rings (SSSR count). The van der Waals surface area contributed by atoms with Crippen LogP contribution < -0.4 is 10.2 Å². The number of nitrogens with one attached hydrogen (secondary N) is 1. The molecule has 1 amide bonds. The average Bonchev–Trinajstić information content (AvgIpc) is 3.16. The fraction of sp³-hybridized carbons (Fsp3) is 0.278. The first-order chi connectivity index (χ1) is 13.6. The molecule has 1 unspecified atom stereocenters. The van der Waals surface area contributed by atoms with Gasteiger partial charge in [-0.05, 0) is 42.8 Å². The molecule has 1 atom stereocenters. The third kappa shape index (κ3) is 4.52. The lowest BCUT2D eigenvalue weighted by Gasteiger charge is -2.19. The summed E-state index contributed by atoms with van der Waals surface area (Å²) in [5.74, 6) is -0.761. The van der Waals surface area contributed by atoms with Crippen molar-refractivity contribution in [1.82, 2.24) is 9.79 Å². The number of hydrogen-bond acceptors (Lipinski definition) is 5. The van der Waals surface area contributed by atoms with E-state index >= 15 is 0 Å². The molecule has 7 nitrogen and oxygen atoms in total.